The second kappa shape index (κ2) is 10.0. The van der Waals surface area contributed by atoms with Gasteiger partial charge in [-0.1, -0.05) is 35.3 Å². The number of anilines is 1. The highest BCUT2D eigenvalue weighted by molar-refractivity contribution is 6.31. The fourth-order valence-electron chi connectivity index (χ4n) is 3.07. The van der Waals surface area contributed by atoms with E-state index in [9.17, 15) is 22.4 Å². The molecule has 1 heterocycles. The van der Waals surface area contributed by atoms with Crippen molar-refractivity contribution in [2.24, 2.45) is 0 Å². The van der Waals surface area contributed by atoms with Crippen molar-refractivity contribution in [3.63, 3.8) is 0 Å². The second-order valence-corrected chi connectivity index (χ2v) is 7.71. The van der Waals surface area contributed by atoms with E-state index < -0.39 is 36.8 Å². The van der Waals surface area contributed by atoms with Crippen LogP contribution in [0.1, 0.15) is 11.7 Å². The molecular weight excluding hydrogens is 463 g/mol. The summed E-state index contributed by atoms with van der Waals surface area (Å²) in [5.74, 6) is -0.827. The van der Waals surface area contributed by atoms with Gasteiger partial charge in [-0.05, 0) is 35.9 Å². The lowest BCUT2D eigenvalue weighted by molar-refractivity contribution is -0.209. The molecule has 1 aliphatic heterocycles. The van der Waals surface area contributed by atoms with Crippen molar-refractivity contribution in [1.82, 2.24) is 4.90 Å². The Morgan fingerprint density at radius 2 is 2.03 bits per heavy atom. The van der Waals surface area contributed by atoms with Crippen LogP contribution in [0.25, 0.3) is 0 Å². The molecular formula is C20H18Cl2F4N2O3. The van der Waals surface area contributed by atoms with Crippen LogP contribution in [0.3, 0.4) is 0 Å². The van der Waals surface area contributed by atoms with E-state index in [0.717, 1.165) is 17.7 Å². The minimum atomic E-state index is -4.80. The third-order valence-electron chi connectivity index (χ3n) is 4.58. The lowest BCUT2D eigenvalue weighted by Crippen LogP contribution is -2.48. The van der Waals surface area contributed by atoms with Gasteiger partial charge in [-0.25, -0.2) is 9.18 Å². The van der Waals surface area contributed by atoms with Gasteiger partial charge in [-0.2, -0.15) is 13.2 Å². The molecule has 0 spiro atoms. The molecule has 5 nitrogen and oxygen atoms in total. The minimum absolute atomic E-state index is 0.0831. The smallest absolute Gasteiger partial charge is 0.426 e. The number of amides is 1. The number of halogens is 6. The standard InChI is InChI=1S/C20H18Cl2F4N2O3/c21-13-3-1-2-12(8-13)17-10-28(6-7-30-17)11-18(20(24,25)26)31-19(29)27-14-4-5-15(22)16(23)9-14/h1-5,8-9,17-18H,6-7,10-11H2,(H,27,29)/t17-,18?/m0/s1. The molecule has 31 heavy (non-hydrogen) atoms. The summed E-state index contributed by atoms with van der Waals surface area (Å²) in [5, 5.41) is 2.38. The van der Waals surface area contributed by atoms with Crippen LogP contribution in [0.15, 0.2) is 42.5 Å². The van der Waals surface area contributed by atoms with E-state index in [1.165, 1.54) is 11.0 Å². The molecule has 1 aliphatic rings. The molecule has 0 bridgehead atoms. The number of nitrogens with one attached hydrogen (secondary N) is 1. The van der Waals surface area contributed by atoms with Crippen molar-refractivity contribution in [3.05, 3.63) is 63.9 Å². The number of hydrogen-bond donors (Lipinski definition) is 1. The lowest BCUT2D eigenvalue weighted by Gasteiger charge is -2.35. The Balaban J connectivity index is 1.64. The Morgan fingerprint density at radius 3 is 2.71 bits per heavy atom. The summed E-state index contributed by atoms with van der Waals surface area (Å²) in [6.07, 6.45) is -9.01. The molecule has 3 rings (SSSR count). The maximum atomic E-state index is 13.5. The summed E-state index contributed by atoms with van der Waals surface area (Å²) in [4.78, 5) is 13.5. The number of rotatable bonds is 5. The van der Waals surface area contributed by atoms with E-state index in [-0.39, 0.29) is 30.4 Å². The van der Waals surface area contributed by atoms with Gasteiger partial charge in [0.2, 0.25) is 6.10 Å². The molecule has 2 aromatic carbocycles. The molecule has 0 aliphatic carbocycles. The number of nitrogens with zero attached hydrogens (tertiary/aromatic N) is 1. The van der Waals surface area contributed by atoms with Crippen LogP contribution in [0, 0.1) is 5.82 Å². The number of alkyl halides is 3. The average Bonchev–Trinajstić information content (AvgIpc) is 2.70. The Morgan fingerprint density at radius 1 is 1.26 bits per heavy atom. The van der Waals surface area contributed by atoms with Gasteiger partial charge >= 0.3 is 12.3 Å². The summed E-state index contributed by atoms with van der Waals surface area (Å²) in [5.41, 5.74) is 0.657. The molecule has 0 radical (unpaired) electrons. The molecule has 2 atom stereocenters. The molecule has 1 fully saturated rings. The van der Waals surface area contributed by atoms with Crippen LogP contribution in [-0.4, -0.2) is 49.5 Å². The molecule has 1 N–H and O–H groups in total. The van der Waals surface area contributed by atoms with E-state index in [4.69, 9.17) is 27.9 Å². The van der Waals surface area contributed by atoms with Gasteiger partial charge < -0.3 is 9.47 Å². The van der Waals surface area contributed by atoms with E-state index in [0.29, 0.717) is 5.02 Å². The van der Waals surface area contributed by atoms with Gasteiger partial charge in [-0.3, -0.25) is 10.2 Å². The first-order valence-electron chi connectivity index (χ1n) is 9.20. The second-order valence-electron chi connectivity index (χ2n) is 6.86. The summed E-state index contributed by atoms with van der Waals surface area (Å²) >= 11 is 11.5. The molecule has 0 aromatic heterocycles. The molecule has 0 saturated carbocycles. The van der Waals surface area contributed by atoms with E-state index in [1.54, 1.807) is 24.3 Å². The quantitative estimate of drug-likeness (QED) is 0.558. The number of carbonyl (C=O) groups excluding carboxylic acids is 1. The van der Waals surface area contributed by atoms with Crippen molar-refractivity contribution in [1.29, 1.82) is 0 Å². The largest absolute Gasteiger partial charge is 0.435 e. The zero-order valence-electron chi connectivity index (χ0n) is 16.0. The summed E-state index contributed by atoms with van der Waals surface area (Å²) in [6.45, 7) is 0.0294. The maximum absolute atomic E-state index is 13.5. The average molecular weight is 481 g/mol. The fourth-order valence-corrected chi connectivity index (χ4v) is 3.39. The first-order valence-corrected chi connectivity index (χ1v) is 9.96. The lowest BCUT2D eigenvalue weighted by atomic mass is 10.1. The number of morpholine rings is 1. The van der Waals surface area contributed by atoms with Crippen molar-refractivity contribution < 1.29 is 31.8 Å². The van der Waals surface area contributed by atoms with Gasteiger partial charge in [0.15, 0.2) is 0 Å². The van der Waals surface area contributed by atoms with Crippen molar-refractivity contribution >= 4 is 35.0 Å². The monoisotopic (exact) mass is 480 g/mol. The van der Waals surface area contributed by atoms with Crippen LogP contribution in [0.5, 0.6) is 0 Å². The van der Waals surface area contributed by atoms with Crippen LogP contribution >= 0.6 is 23.2 Å². The van der Waals surface area contributed by atoms with Gasteiger partial charge in [0.1, 0.15) is 5.82 Å². The summed E-state index contributed by atoms with van der Waals surface area (Å²) in [7, 11) is 0. The zero-order valence-corrected chi connectivity index (χ0v) is 17.5. The number of benzene rings is 2. The van der Waals surface area contributed by atoms with Crippen molar-refractivity contribution in [2.45, 2.75) is 18.4 Å². The predicted octanol–water partition coefficient (Wildman–Crippen LogP) is 5.69. The molecule has 1 unspecified atom stereocenters. The highest BCUT2D eigenvalue weighted by atomic mass is 35.5. The maximum Gasteiger partial charge on any atom is 0.426 e. The van der Waals surface area contributed by atoms with Crippen LogP contribution in [-0.2, 0) is 9.47 Å². The molecule has 168 valence electrons. The topological polar surface area (TPSA) is 50.8 Å². The number of hydrogen-bond acceptors (Lipinski definition) is 4. The first-order chi connectivity index (χ1) is 14.6. The van der Waals surface area contributed by atoms with Gasteiger partial charge in [0.05, 0.1) is 17.7 Å². The molecule has 1 saturated heterocycles. The van der Waals surface area contributed by atoms with Crippen molar-refractivity contribution in [2.75, 3.05) is 31.6 Å². The number of ether oxygens (including phenoxy) is 2. The predicted molar refractivity (Wildman–Crippen MR) is 108 cm³/mol. The highest BCUT2D eigenvalue weighted by Gasteiger charge is 2.44. The highest BCUT2D eigenvalue weighted by Crippen LogP contribution is 2.28. The third-order valence-corrected chi connectivity index (χ3v) is 5.12. The van der Waals surface area contributed by atoms with E-state index in [1.807, 2.05) is 0 Å². The molecule has 1 amide bonds. The van der Waals surface area contributed by atoms with Crippen molar-refractivity contribution in [3.8, 4) is 0 Å². The van der Waals surface area contributed by atoms with E-state index >= 15 is 0 Å². The summed E-state index contributed by atoms with van der Waals surface area (Å²) in [6, 6.07) is 10.2. The SMILES string of the molecule is O=C(Nc1ccc(Cl)c(F)c1)OC(CN1CCO[C@H](c2cccc(Cl)c2)C1)C(F)(F)F. The molecule has 2 aromatic rings. The van der Waals surface area contributed by atoms with Gasteiger partial charge in [-0.15, -0.1) is 0 Å². The Labute approximate surface area is 185 Å². The molecule has 11 heteroatoms. The minimum Gasteiger partial charge on any atom is -0.435 e. The fraction of sp³-hybridized carbons (Fsp3) is 0.350. The first kappa shape index (κ1) is 23.6. The third kappa shape index (κ3) is 6.70. The van der Waals surface area contributed by atoms with Gasteiger partial charge in [0.25, 0.3) is 0 Å². The number of carbonyl (C=O) groups is 1. The van der Waals surface area contributed by atoms with Crippen LogP contribution < -0.4 is 5.32 Å². The van der Waals surface area contributed by atoms with Gasteiger partial charge in [0, 0.05) is 30.3 Å². The van der Waals surface area contributed by atoms with E-state index in [2.05, 4.69) is 10.1 Å². The Kier molecular flexibility index (Phi) is 7.64. The summed E-state index contributed by atoms with van der Waals surface area (Å²) < 4.78 is 64.2. The normalized spacial score (nSPS) is 18.5. The Bertz CT molecular complexity index is 930. The zero-order chi connectivity index (χ0) is 22.6. The Hall–Kier alpha value is -2.07. The van der Waals surface area contributed by atoms with Crippen LogP contribution in [0.4, 0.5) is 28.0 Å². The van der Waals surface area contributed by atoms with Crippen LogP contribution in [0.2, 0.25) is 10.0 Å².